The van der Waals surface area contributed by atoms with Crippen LogP contribution in [0.1, 0.15) is 45.7 Å². The monoisotopic (exact) mass is 354 g/mol. The summed E-state index contributed by atoms with van der Waals surface area (Å²) in [5.74, 6) is -0.447. The van der Waals surface area contributed by atoms with Crippen LogP contribution < -0.4 is 11.1 Å². The second kappa shape index (κ2) is 7.68. The van der Waals surface area contributed by atoms with E-state index in [1.54, 1.807) is 36.4 Å². The number of nitrogen functional groups attached to an aromatic ring is 1. The van der Waals surface area contributed by atoms with Gasteiger partial charge in [0.2, 0.25) is 0 Å². The summed E-state index contributed by atoms with van der Waals surface area (Å²) < 4.78 is 11.0. The lowest BCUT2D eigenvalue weighted by Crippen LogP contribution is -2.29. The summed E-state index contributed by atoms with van der Waals surface area (Å²) in [6, 6.07) is 10.1. The van der Waals surface area contributed by atoms with E-state index >= 15 is 0 Å². The molecule has 0 spiro atoms. The molecule has 0 heterocycles. The van der Waals surface area contributed by atoms with Crippen LogP contribution in [0.25, 0.3) is 0 Å². The summed E-state index contributed by atoms with van der Waals surface area (Å²) in [5.41, 5.74) is 8.20. The maximum Gasteiger partial charge on any atom is 0.196 e. The molecule has 0 bridgehead atoms. The van der Waals surface area contributed by atoms with E-state index in [-0.39, 0.29) is 17.1 Å². The van der Waals surface area contributed by atoms with E-state index in [1.807, 2.05) is 13.8 Å². The molecule has 2 aromatic carbocycles. The van der Waals surface area contributed by atoms with E-state index in [1.165, 1.54) is 0 Å². The SMILES string of the molecule is CCOC(CNc1ccc(N)c2c1C(=O)c1ccccc1C2=O)OCC. The number of ketones is 2. The Bertz CT molecular complexity index is 842. The van der Waals surface area contributed by atoms with Gasteiger partial charge in [-0.2, -0.15) is 0 Å². The molecule has 0 fully saturated rings. The summed E-state index contributed by atoms with van der Waals surface area (Å²) in [5, 5.41) is 3.17. The van der Waals surface area contributed by atoms with Gasteiger partial charge in [0.1, 0.15) is 0 Å². The molecule has 6 nitrogen and oxygen atoms in total. The van der Waals surface area contributed by atoms with Gasteiger partial charge in [-0.15, -0.1) is 0 Å². The van der Waals surface area contributed by atoms with Gasteiger partial charge in [0.05, 0.1) is 17.7 Å². The summed E-state index contributed by atoms with van der Waals surface area (Å²) in [6.45, 7) is 5.14. The number of fused-ring (bicyclic) bond motifs is 2. The molecule has 1 aliphatic rings. The van der Waals surface area contributed by atoms with E-state index in [2.05, 4.69) is 5.32 Å². The first-order valence-electron chi connectivity index (χ1n) is 8.66. The predicted molar refractivity (Wildman–Crippen MR) is 99.7 cm³/mol. The van der Waals surface area contributed by atoms with Crippen molar-refractivity contribution in [2.24, 2.45) is 0 Å². The first kappa shape index (κ1) is 18.1. The number of benzene rings is 2. The van der Waals surface area contributed by atoms with Crippen LogP contribution in [0.4, 0.5) is 11.4 Å². The summed E-state index contributed by atoms with van der Waals surface area (Å²) in [6.07, 6.45) is -0.445. The number of hydrogen-bond acceptors (Lipinski definition) is 6. The van der Waals surface area contributed by atoms with Crippen molar-refractivity contribution in [3.05, 3.63) is 58.7 Å². The lowest BCUT2D eigenvalue weighted by Gasteiger charge is -2.23. The van der Waals surface area contributed by atoms with Crippen LogP contribution in [0.15, 0.2) is 36.4 Å². The number of hydrogen-bond donors (Lipinski definition) is 2. The van der Waals surface area contributed by atoms with Gasteiger partial charge >= 0.3 is 0 Å². The van der Waals surface area contributed by atoms with Gasteiger partial charge in [0.15, 0.2) is 17.9 Å². The molecule has 0 radical (unpaired) electrons. The highest BCUT2D eigenvalue weighted by atomic mass is 16.7. The molecule has 2 aromatic rings. The van der Waals surface area contributed by atoms with Crippen molar-refractivity contribution in [2.75, 3.05) is 30.8 Å². The number of ether oxygens (including phenoxy) is 2. The molecule has 0 aromatic heterocycles. The molecular weight excluding hydrogens is 332 g/mol. The van der Waals surface area contributed by atoms with E-state index in [0.29, 0.717) is 47.8 Å². The second-order valence-corrected chi connectivity index (χ2v) is 5.88. The molecule has 3 rings (SSSR count). The van der Waals surface area contributed by atoms with Crippen molar-refractivity contribution in [3.8, 4) is 0 Å². The Morgan fingerprint density at radius 2 is 1.50 bits per heavy atom. The van der Waals surface area contributed by atoms with Crippen molar-refractivity contribution >= 4 is 22.9 Å². The molecule has 0 saturated heterocycles. The van der Waals surface area contributed by atoms with E-state index in [4.69, 9.17) is 15.2 Å². The van der Waals surface area contributed by atoms with Crippen LogP contribution in [0.2, 0.25) is 0 Å². The van der Waals surface area contributed by atoms with Gasteiger partial charge in [-0.3, -0.25) is 9.59 Å². The van der Waals surface area contributed by atoms with Crippen molar-refractivity contribution < 1.29 is 19.1 Å². The third-order valence-corrected chi connectivity index (χ3v) is 4.27. The first-order chi connectivity index (χ1) is 12.6. The van der Waals surface area contributed by atoms with Crippen LogP contribution in [0.3, 0.4) is 0 Å². The maximum atomic E-state index is 13.0. The topological polar surface area (TPSA) is 90.6 Å². The fraction of sp³-hybridized carbons (Fsp3) is 0.300. The van der Waals surface area contributed by atoms with Crippen LogP contribution >= 0.6 is 0 Å². The third-order valence-electron chi connectivity index (χ3n) is 4.27. The molecule has 6 heteroatoms. The zero-order valence-electron chi connectivity index (χ0n) is 14.9. The van der Waals surface area contributed by atoms with Gasteiger partial charge in [-0.1, -0.05) is 24.3 Å². The fourth-order valence-electron chi connectivity index (χ4n) is 3.13. The molecule has 0 saturated carbocycles. The Morgan fingerprint density at radius 3 is 2.08 bits per heavy atom. The number of anilines is 2. The molecule has 26 heavy (non-hydrogen) atoms. The van der Waals surface area contributed by atoms with Crippen molar-refractivity contribution in [1.82, 2.24) is 0 Å². The average Bonchev–Trinajstić information content (AvgIpc) is 2.65. The highest BCUT2D eigenvalue weighted by Crippen LogP contribution is 2.35. The minimum absolute atomic E-state index is 0.214. The third kappa shape index (κ3) is 3.21. The van der Waals surface area contributed by atoms with Crippen molar-refractivity contribution in [2.45, 2.75) is 20.1 Å². The Balaban J connectivity index is 1.98. The molecule has 3 N–H and O–H groups in total. The number of carbonyl (C=O) groups excluding carboxylic acids is 2. The van der Waals surface area contributed by atoms with E-state index in [9.17, 15) is 9.59 Å². The van der Waals surface area contributed by atoms with Gasteiger partial charge in [-0.05, 0) is 26.0 Å². The molecule has 0 unspecified atom stereocenters. The van der Waals surface area contributed by atoms with Gasteiger partial charge < -0.3 is 20.5 Å². The minimum Gasteiger partial charge on any atom is -0.398 e. The molecular formula is C20H22N2O4. The zero-order valence-corrected chi connectivity index (χ0v) is 14.9. The maximum absolute atomic E-state index is 13.0. The number of carbonyl (C=O) groups is 2. The summed E-state index contributed by atoms with van der Waals surface area (Å²) >= 11 is 0. The minimum atomic E-state index is -0.445. The van der Waals surface area contributed by atoms with Crippen LogP contribution in [-0.4, -0.2) is 37.6 Å². The average molecular weight is 354 g/mol. The highest BCUT2D eigenvalue weighted by molar-refractivity contribution is 6.31. The predicted octanol–water partition coefficient (Wildman–Crippen LogP) is 2.86. The Kier molecular flexibility index (Phi) is 5.35. The Labute approximate surface area is 152 Å². The molecule has 136 valence electrons. The van der Waals surface area contributed by atoms with E-state index in [0.717, 1.165) is 0 Å². The fourth-order valence-corrected chi connectivity index (χ4v) is 3.13. The van der Waals surface area contributed by atoms with Crippen LogP contribution in [0.5, 0.6) is 0 Å². The smallest absolute Gasteiger partial charge is 0.196 e. The second-order valence-electron chi connectivity index (χ2n) is 5.88. The van der Waals surface area contributed by atoms with Crippen molar-refractivity contribution in [1.29, 1.82) is 0 Å². The van der Waals surface area contributed by atoms with Gasteiger partial charge in [0, 0.05) is 35.7 Å². The normalized spacial score (nSPS) is 12.9. The zero-order chi connectivity index (χ0) is 18.7. The molecule has 0 amide bonds. The van der Waals surface area contributed by atoms with Gasteiger partial charge in [-0.25, -0.2) is 0 Å². The summed E-state index contributed by atoms with van der Waals surface area (Å²) in [7, 11) is 0. The Morgan fingerprint density at radius 1 is 0.923 bits per heavy atom. The standard InChI is InChI=1S/C20H22N2O4/c1-3-25-16(26-4-2)11-22-15-10-9-14(21)17-18(15)20(24)13-8-6-5-7-12(13)19(17)23/h5-10,16,22H,3-4,11,21H2,1-2H3. The first-order valence-corrected chi connectivity index (χ1v) is 8.66. The van der Waals surface area contributed by atoms with E-state index < -0.39 is 6.29 Å². The van der Waals surface area contributed by atoms with Crippen LogP contribution in [0, 0.1) is 0 Å². The highest BCUT2D eigenvalue weighted by Gasteiger charge is 2.33. The molecule has 0 atom stereocenters. The molecule has 1 aliphatic carbocycles. The lowest BCUT2D eigenvalue weighted by molar-refractivity contribution is -0.126. The number of rotatable bonds is 7. The number of nitrogens with two attached hydrogens (primary N) is 1. The Hall–Kier alpha value is -2.70. The summed E-state index contributed by atoms with van der Waals surface area (Å²) in [4.78, 5) is 25.9. The quantitative estimate of drug-likeness (QED) is 0.501. The largest absolute Gasteiger partial charge is 0.398 e. The van der Waals surface area contributed by atoms with Gasteiger partial charge in [0.25, 0.3) is 0 Å². The van der Waals surface area contributed by atoms with Crippen molar-refractivity contribution in [3.63, 3.8) is 0 Å². The number of nitrogens with one attached hydrogen (secondary N) is 1. The lowest BCUT2D eigenvalue weighted by atomic mass is 9.82. The molecule has 0 aliphatic heterocycles. The van der Waals surface area contributed by atoms with Crippen LogP contribution in [-0.2, 0) is 9.47 Å².